The fraction of sp³-hybridized carbons (Fsp3) is 0.294. The van der Waals surface area contributed by atoms with E-state index < -0.39 is 12.0 Å². The lowest BCUT2D eigenvalue weighted by molar-refractivity contribution is -0.142. The molecule has 5 heteroatoms. The van der Waals surface area contributed by atoms with Gasteiger partial charge >= 0.3 is 5.97 Å². The maximum atomic E-state index is 12.8. The van der Waals surface area contributed by atoms with Gasteiger partial charge in [0.1, 0.15) is 17.6 Å². The van der Waals surface area contributed by atoms with Crippen molar-refractivity contribution in [2.75, 3.05) is 0 Å². The number of carbonyl (C=O) groups is 2. The Hall–Kier alpha value is -2.56. The van der Waals surface area contributed by atoms with E-state index >= 15 is 0 Å². The summed E-state index contributed by atoms with van der Waals surface area (Å²) in [6.07, 6.45) is 0.327. The van der Waals surface area contributed by atoms with Gasteiger partial charge in [-0.05, 0) is 31.0 Å². The maximum absolute atomic E-state index is 12.8. The predicted molar refractivity (Wildman–Crippen MR) is 79.6 cm³/mol. The highest BCUT2D eigenvalue weighted by atomic mass is 16.4. The molecule has 1 N–H and O–H groups in total. The van der Waals surface area contributed by atoms with Crippen LogP contribution in [-0.2, 0) is 17.8 Å². The van der Waals surface area contributed by atoms with E-state index in [0.717, 1.165) is 11.1 Å². The molecule has 0 spiro atoms. The van der Waals surface area contributed by atoms with Crippen LogP contribution in [0.25, 0.3) is 0 Å². The van der Waals surface area contributed by atoms with E-state index in [1.54, 1.807) is 19.9 Å². The number of furan rings is 1. The molecule has 0 unspecified atom stereocenters. The van der Waals surface area contributed by atoms with Gasteiger partial charge in [0.05, 0.1) is 5.56 Å². The van der Waals surface area contributed by atoms with E-state index in [9.17, 15) is 14.7 Å². The molecule has 1 amide bonds. The summed E-state index contributed by atoms with van der Waals surface area (Å²) >= 11 is 0. The number of benzene rings is 1. The molecule has 114 valence electrons. The fourth-order valence-corrected chi connectivity index (χ4v) is 2.95. The van der Waals surface area contributed by atoms with Gasteiger partial charge in [-0.2, -0.15) is 0 Å². The van der Waals surface area contributed by atoms with Crippen LogP contribution in [0.1, 0.15) is 33.0 Å². The van der Waals surface area contributed by atoms with E-state index in [1.165, 1.54) is 4.90 Å². The molecule has 1 aromatic carbocycles. The number of hydrogen-bond acceptors (Lipinski definition) is 3. The van der Waals surface area contributed by atoms with Gasteiger partial charge < -0.3 is 14.4 Å². The Morgan fingerprint density at radius 2 is 1.91 bits per heavy atom. The molecule has 22 heavy (non-hydrogen) atoms. The van der Waals surface area contributed by atoms with Gasteiger partial charge in [-0.1, -0.05) is 24.3 Å². The largest absolute Gasteiger partial charge is 0.480 e. The van der Waals surface area contributed by atoms with Crippen LogP contribution < -0.4 is 0 Å². The van der Waals surface area contributed by atoms with Crippen LogP contribution in [0.2, 0.25) is 0 Å². The molecular weight excluding hydrogens is 282 g/mol. The Balaban J connectivity index is 1.99. The zero-order valence-electron chi connectivity index (χ0n) is 12.5. The SMILES string of the molecule is Cc1cc(C(=O)N2Cc3ccccc3C[C@@H]2C(=O)O)c(C)o1. The van der Waals surface area contributed by atoms with Crippen molar-refractivity contribution in [2.24, 2.45) is 0 Å². The van der Waals surface area contributed by atoms with E-state index in [-0.39, 0.29) is 5.91 Å². The minimum atomic E-state index is -0.985. The topological polar surface area (TPSA) is 70.8 Å². The van der Waals surface area contributed by atoms with E-state index in [2.05, 4.69) is 0 Å². The molecule has 0 bridgehead atoms. The van der Waals surface area contributed by atoms with Crippen LogP contribution in [0.4, 0.5) is 0 Å². The number of aliphatic carboxylic acids is 1. The Labute approximate surface area is 128 Å². The molecule has 0 aliphatic carbocycles. The van der Waals surface area contributed by atoms with Gasteiger partial charge in [0.25, 0.3) is 5.91 Å². The summed E-state index contributed by atoms with van der Waals surface area (Å²) in [4.78, 5) is 25.8. The number of hydrogen-bond donors (Lipinski definition) is 1. The molecule has 1 atom stereocenters. The van der Waals surface area contributed by atoms with Crippen molar-refractivity contribution < 1.29 is 19.1 Å². The van der Waals surface area contributed by atoms with Gasteiger partial charge in [-0.25, -0.2) is 4.79 Å². The molecule has 0 fully saturated rings. The van der Waals surface area contributed by atoms with Crippen molar-refractivity contribution in [3.8, 4) is 0 Å². The Bertz CT molecular complexity index is 747. The van der Waals surface area contributed by atoms with Gasteiger partial charge in [-0.15, -0.1) is 0 Å². The molecule has 2 aromatic rings. The monoisotopic (exact) mass is 299 g/mol. The summed E-state index contributed by atoms with van der Waals surface area (Å²) in [5, 5.41) is 9.49. The standard InChI is InChI=1S/C17H17NO4/c1-10-7-14(11(2)22-10)16(19)18-9-13-6-4-3-5-12(13)8-15(18)17(20)21/h3-7,15H,8-9H2,1-2H3,(H,20,21)/t15-/m1/s1. The smallest absolute Gasteiger partial charge is 0.326 e. The van der Waals surface area contributed by atoms with E-state index in [0.29, 0.717) is 30.0 Å². The number of amides is 1. The molecule has 0 saturated carbocycles. The van der Waals surface area contributed by atoms with E-state index in [1.807, 2.05) is 24.3 Å². The number of aryl methyl sites for hydroxylation is 2. The van der Waals surface area contributed by atoms with Crippen LogP contribution >= 0.6 is 0 Å². The van der Waals surface area contributed by atoms with Crippen molar-refractivity contribution in [3.63, 3.8) is 0 Å². The second-order valence-corrected chi connectivity index (χ2v) is 5.59. The lowest BCUT2D eigenvalue weighted by Gasteiger charge is -2.34. The Morgan fingerprint density at radius 1 is 1.23 bits per heavy atom. The molecule has 1 aromatic heterocycles. The highest BCUT2D eigenvalue weighted by molar-refractivity contribution is 5.97. The second kappa shape index (κ2) is 5.33. The van der Waals surface area contributed by atoms with Gasteiger partial charge in [0, 0.05) is 13.0 Å². The highest BCUT2D eigenvalue weighted by Crippen LogP contribution is 2.26. The van der Waals surface area contributed by atoms with Gasteiger partial charge in [0.2, 0.25) is 0 Å². The fourth-order valence-electron chi connectivity index (χ4n) is 2.95. The van der Waals surface area contributed by atoms with Crippen molar-refractivity contribution >= 4 is 11.9 Å². The third kappa shape index (κ3) is 2.39. The molecule has 2 heterocycles. The molecule has 5 nitrogen and oxygen atoms in total. The molecule has 0 saturated heterocycles. The third-order valence-corrected chi connectivity index (χ3v) is 4.07. The van der Waals surface area contributed by atoms with Crippen LogP contribution in [0.3, 0.4) is 0 Å². The highest BCUT2D eigenvalue weighted by Gasteiger charge is 2.35. The summed E-state index contributed by atoms with van der Waals surface area (Å²) in [7, 11) is 0. The lowest BCUT2D eigenvalue weighted by Crippen LogP contribution is -2.48. The normalized spacial score (nSPS) is 17.2. The second-order valence-electron chi connectivity index (χ2n) is 5.59. The first-order chi connectivity index (χ1) is 10.5. The first kappa shape index (κ1) is 14.4. The lowest BCUT2D eigenvalue weighted by atomic mass is 9.93. The number of carboxylic acids is 1. The number of carbonyl (C=O) groups excluding carboxylic acids is 1. The first-order valence-electron chi connectivity index (χ1n) is 7.15. The molecular formula is C17H17NO4. The van der Waals surface area contributed by atoms with Crippen LogP contribution in [-0.4, -0.2) is 27.9 Å². The number of rotatable bonds is 2. The Morgan fingerprint density at radius 3 is 2.50 bits per heavy atom. The van der Waals surface area contributed by atoms with Crippen LogP contribution in [0.15, 0.2) is 34.7 Å². The number of carboxylic acid groups (broad SMARTS) is 1. The van der Waals surface area contributed by atoms with Gasteiger partial charge in [-0.3, -0.25) is 4.79 Å². The summed E-state index contributed by atoms with van der Waals surface area (Å²) in [5.41, 5.74) is 2.41. The van der Waals surface area contributed by atoms with Crippen LogP contribution in [0.5, 0.6) is 0 Å². The molecule has 3 rings (SSSR count). The van der Waals surface area contributed by atoms with Gasteiger partial charge in [0.15, 0.2) is 0 Å². The third-order valence-electron chi connectivity index (χ3n) is 4.07. The average molecular weight is 299 g/mol. The first-order valence-corrected chi connectivity index (χ1v) is 7.15. The quantitative estimate of drug-likeness (QED) is 0.925. The molecule has 0 radical (unpaired) electrons. The average Bonchev–Trinajstić information content (AvgIpc) is 2.83. The number of fused-ring (bicyclic) bond motifs is 1. The minimum absolute atomic E-state index is 0.295. The van der Waals surface area contributed by atoms with Crippen molar-refractivity contribution in [2.45, 2.75) is 32.9 Å². The molecule has 1 aliphatic rings. The zero-order chi connectivity index (χ0) is 15.9. The summed E-state index contributed by atoms with van der Waals surface area (Å²) < 4.78 is 5.40. The van der Waals surface area contributed by atoms with Crippen molar-refractivity contribution in [1.82, 2.24) is 4.90 Å². The van der Waals surface area contributed by atoms with Crippen LogP contribution in [0, 0.1) is 13.8 Å². The minimum Gasteiger partial charge on any atom is -0.480 e. The number of nitrogens with zero attached hydrogens (tertiary/aromatic N) is 1. The van der Waals surface area contributed by atoms with E-state index in [4.69, 9.17) is 4.42 Å². The predicted octanol–water partition coefficient (Wildman–Crippen LogP) is 2.55. The maximum Gasteiger partial charge on any atom is 0.326 e. The molecule has 1 aliphatic heterocycles. The van der Waals surface area contributed by atoms with Crippen molar-refractivity contribution in [1.29, 1.82) is 0 Å². The summed E-state index contributed by atoms with van der Waals surface area (Å²) in [6, 6.07) is 8.45. The summed E-state index contributed by atoms with van der Waals surface area (Å²) in [5.74, 6) is -0.118. The van der Waals surface area contributed by atoms with Crippen molar-refractivity contribution in [3.05, 3.63) is 58.5 Å². The Kier molecular flexibility index (Phi) is 3.48. The summed E-state index contributed by atoms with van der Waals surface area (Å²) in [6.45, 7) is 3.79. The zero-order valence-corrected chi connectivity index (χ0v) is 12.5.